The molecule has 1 unspecified atom stereocenters. The number of piperidine rings is 1. The van der Waals surface area contributed by atoms with Crippen molar-refractivity contribution in [1.82, 2.24) is 10.2 Å². The van der Waals surface area contributed by atoms with Gasteiger partial charge in [0.15, 0.2) is 6.29 Å². The van der Waals surface area contributed by atoms with Crippen LogP contribution in [0.25, 0.3) is 0 Å². The van der Waals surface area contributed by atoms with Crippen LogP contribution in [-0.2, 0) is 16.1 Å². The number of methoxy groups -OCH3 is 1. The van der Waals surface area contributed by atoms with Crippen LogP contribution in [0.15, 0.2) is 12.1 Å². The lowest BCUT2D eigenvalue weighted by atomic mass is 10.0. The highest BCUT2D eigenvalue weighted by atomic mass is 16.5. The fourth-order valence-electron chi connectivity index (χ4n) is 2.95. The summed E-state index contributed by atoms with van der Waals surface area (Å²) in [6.45, 7) is 0.260. The largest absolute Gasteiger partial charge is 0.495 e. The van der Waals surface area contributed by atoms with Gasteiger partial charge in [0.05, 0.1) is 18.2 Å². The van der Waals surface area contributed by atoms with Crippen molar-refractivity contribution in [2.24, 2.45) is 0 Å². The number of fused-ring (bicyclic) bond motifs is 1. The zero-order valence-corrected chi connectivity index (χ0v) is 11.9. The quantitative estimate of drug-likeness (QED) is 0.639. The normalized spacial score (nSPS) is 20.7. The Labute approximate surface area is 126 Å². The summed E-state index contributed by atoms with van der Waals surface area (Å²) in [5.74, 6) is -0.921. The molecular formula is C15H14N2O5. The van der Waals surface area contributed by atoms with Gasteiger partial charge in [-0.1, -0.05) is 6.07 Å². The van der Waals surface area contributed by atoms with Crippen molar-refractivity contribution in [3.05, 3.63) is 28.8 Å². The van der Waals surface area contributed by atoms with E-state index in [1.807, 2.05) is 0 Å². The van der Waals surface area contributed by atoms with E-state index in [-0.39, 0.29) is 30.5 Å². The van der Waals surface area contributed by atoms with Gasteiger partial charge in [-0.05, 0) is 18.1 Å². The molecule has 1 aromatic rings. The highest BCUT2D eigenvalue weighted by molar-refractivity contribution is 6.07. The van der Waals surface area contributed by atoms with Crippen molar-refractivity contribution in [2.45, 2.75) is 25.4 Å². The number of aldehydes is 1. The number of amides is 3. The third-order valence-corrected chi connectivity index (χ3v) is 4.01. The Balaban J connectivity index is 1.96. The predicted octanol–water partition coefficient (Wildman–Crippen LogP) is 0.269. The van der Waals surface area contributed by atoms with E-state index in [1.54, 1.807) is 12.1 Å². The lowest BCUT2D eigenvalue weighted by Crippen LogP contribution is -2.52. The standard InChI is InChI=1S/C15H14N2O5/c1-22-13-9(7-18)3-2-8-6-17(15(21)12(8)13)10-4-5-11(19)16-14(10)20/h2-3,7,10H,4-6H2,1H3,(H,16,19,20). The van der Waals surface area contributed by atoms with Crippen molar-refractivity contribution in [3.63, 3.8) is 0 Å². The van der Waals surface area contributed by atoms with Gasteiger partial charge in [0.1, 0.15) is 11.8 Å². The minimum atomic E-state index is -0.679. The molecule has 1 atom stereocenters. The second-order valence-electron chi connectivity index (χ2n) is 5.24. The number of hydrogen-bond acceptors (Lipinski definition) is 5. The average Bonchev–Trinajstić information content (AvgIpc) is 2.83. The van der Waals surface area contributed by atoms with Crippen molar-refractivity contribution in [1.29, 1.82) is 0 Å². The molecule has 0 aromatic heterocycles. The molecule has 0 bridgehead atoms. The minimum absolute atomic E-state index is 0.202. The van der Waals surface area contributed by atoms with Gasteiger partial charge in [-0.15, -0.1) is 0 Å². The summed E-state index contributed by atoms with van der Waals surface area (Å²) in [6.07, 6.45) is 1.13. The first-order valence-corrected chi connectivity index (χ1v) is 6.86. The molecule has 3 amide bonds. The van der Waals surface area contributed by atoms with Gasteiger partial charge < -0.3 is 9.64 Å². The van der Waals surface area contributed by atoms with E-state index in [2.05, 4.69) is 5.32 Å². The fraction of sp³-hybridized carbons (Fsp3) is 0.333. The maximum absolute atomic E-state index is 12.6. The number of carbonyl (C=O) groups excluding carboxylic acids is 4. The number of carbonyl (C=O) groups is 4. The highest BCUT2D eigenvalue weighted by Gasteiger charge is 2.40. The van der Waals surface area contributed by atoms with Crippen LogP contribution in [0, 0.1) is 0 Å². The van der Waals surface area contributed by atoms with E-state index in [0.29, 0.717) is 29.4 Å². The molecule has 22 heavy (non-hydrogen) atoms. The number of nitrogens with one attached hydrogen (secondary N) is 1. The van der Waals surface area contributed by atoms with Gasteiger partial charge in [-0.3, -0.25) is 24.5 Å². The van der Waals surface area contributed by atoms with Gasteiger partial charge in [0.25, 0.3) is 5.91 Å². The number of hydrogen-bond donors (Lipinski definition) is 1. The first-order valence-electron chi connectivity index (χ1n) is 6.86. The molecule has 114 valence electrons. The van der Waals surface area contributed by atoms with E-state index in [1.165, 1.54) is 12.0 Å². The average molecular weight is 302 g/mol. The van der Waals surface area contributed by atoms with E-state index in [9.17, 15) is 19.2 Å². The van der Waals surface area contributed by atoms with E-state index in [0.717, 1.165) is 0 Å². The Hall–Kier alpha value is -2.70. The van der Waals surface area contributed by atoms with Crippen LogP contribution in [-0.4, -0.2) is 42.1 Å². The molecular weight excluding hydrogens is 288 g/mol. The maximum atomic E-state index is 12.6. The number of nitrogens with zero attached hydrogens (tertiary/aromatic N) is 1. The molecule has 0 radical (unpaired) electrons. The third-order valence-electron chi connectivity index (χ3n) is 4.01. The zero-order valence-electron chi connectivity index (χ0n) is 11.9. The van der Waals surface area contributed by atoms with Gasteiger partial charge >= 0.3 is 0 Å². The van der Waals surface area contributed by atoms with Gasteiger partial charge in [0, 0.05) is 13.0 Å². The zero-order chi connectivity index (χ0) is 15.9. The monoisotopic (exact) mass is 302 g/mol. The number of imide groups is 1. The Morgan fingerprint density at radius 1 is 1.32 bits per heavy atom. The topological polar surface area (TPSA) is 92.8 Å². The molecule has 3 rings (SSSR count). The van der Waals surface area contributed by atoms with Crippen LogP contribution in [0.1, 0.15) is 39.1 Å². The molecule has 2 heterocycles. The summed E-state index contributed by atoms with van der Waals surface area (Å²) < 4.78 is 5.20. The second kappa shape index (κ2) is 5.25. The number of rotatable bonds is 3. The summed E-state index contributed by atoms with van der Waals surface area (Å²) >= 11 is 0. The minimum Gasteiger partial charge on any atom is -0.495 e. The van der Waals surface area contributed by atoms with Crippen molar-refractivity contribution < 1.29 is 23.9 Å². The molecule has 2 aliphatic rings. The Bertz CT molecular complexity index is 697. The summed E-state index contributed by atoms with van der Waals surface area (Å²) in [4.78, 5) is 48.3. The van der Waals surface area contributed by atoms with Crippen LogP contribution < -0.4 is 10.1 Å². The van der Waals surface area contributed by atoms with Crippen LogP contribution in [0.2, 0.25) is 0 Å². The first-order chi connectivity index (χ1) is 10.6. The van der Waals surface area contributed by atoms with Crippen LogP contribution in [0.4, 0.5) is 0 Å². The SMILES string of the molecule is COc1c(C=O)ccc2c1C(=O)N(C1CCC(=O)NC1=O)C2. The van der Waals surface area contributed by atoms with Crippen LogP contribution >= 0.6 is 0 Å². The smallest absolute Gasteiger partial charge is 0.258 e. The summed E-state index contributed by atoms with van der Waals surface area (Å²) in [7, 11) is 1.39. The van der Waals surface area contributed by atoms with Crippen molar-refractivity contribution in [3.8, 4) is 5.75 Å². The number of benzene rings is 1. The fourth-order valence-corrected chi connectivity index (χ4v) is 2.95. The molecule has 0 saturated carbocycles. The van der Waals surface area contributed by atoms with Gasteiger partial charge in [0.2, 0.25) is 11.8 Å². The predicted molar refractivity (Wildman–Crippen MR) is 74.4 cm³/mol. The molecule has 1 fully saturated rings. The Morgan fingerprint density at radius 2 is 2.09 bits per heavy atom. The van der Waals surface area contributed by atoms with E-state index in [4.69, 9.17) is 4.74 Å². The maximum Gasteiger partial charge on any atom is 0.258 e. The van der Waals surface area contributed by atoms with Crippen molar-refractivity contribution in [2.75, 3.05) is 7.11 Å². The van der Waals surface area contributed by atoms with E-state index < -0.39 is 11.9 Å². The number of ether oxygens (including phenoxy) is 1. The summed E-state index contributed by atoms with van der Waals surface area (Å²) in [5.41, 5.74) is 1.31. The molecule has 7 nitrogen and oxygen atoms in total. The first kappa shape index (κ1) is 14.2. The van der Waals surface area contributed by atoms with Crippen molar-refractivity contribution >= 4 is 24.0 Å². The third kappa shape index (κ3) is 2.05. The molecule has 2 aliphatic heterocycles. The lowest BCUT2D eigenvalue weighted by molar-refractivity contribution is -0.136. The second-order valence-corrected chi connectivity index (χ2v) is 5.24. The van der Waals surface area contributed by atoms with Gasteiger partial charge in [-0.2, -0.15) is 0 Å². The Kier molecular flexibility index (Phi) is 3.40. The molecule has 1 N–H and O–H groups in total. The van der Waals surface area contributed by atoms with E-state index >= 15 is 0 Å². The molecule has 1 saturated heterocycles. The van der Waals surface area contributed by atoms with Crippen LogP contribution in [0.5, 0.6) is 5.75 Å². The van der Waals surface area contributed by atoms with Gasteiger partial charge in [-0.25, -0.2) is 0 Å². The highest BCUT2D eigenvalue weighted by Crippen LogP contribution is 2.35. The van der Waals surface area contributed by atoms with Crippen LogP contribution in [0.3, 0.4) is 0 Å². The summed E-state index contributed by atoms with van der Waals surface area (Å²) in [5, 5.41) is 2.25. The molecule has 0 aliphatic carbocycles. The molecule has 7 heteroatoms. The molecule has 0 spiro atoms. The Morgan fingerprint density at radius 3 is 2.73 bits per heavy atom. The molecule has 1 aromatic carbocycles. The summed E-state index contributed by atoms with van der Waals surface area (Å²) in [6, 6.07) is 2.60. The lowest BCUT2D eigenvalue weighted by Gasteiger charge is -2.29.